The Kier molecular flexibility index (Phi) is 1.97. The van der Waals surface area contributed by atoms with Gasteiger partial charge in [-0.2, -0.15) is 0 Å². The number of Topliss-reactive ketones (excluding diaryl/α,β-unsaturated/α-hetero) is 1. The van der Waals surface area contributed by atoms with E-state index in [0.29, 0.717) is 10.5 Å². The minimum atomic E-state index is -0.534. The fourth-order valence-electron chi connectivity index (χ4n) is 0.776. The lowest BCUT2D eigenvalue weighted by molar-refractivity contribution is -0.115. The van der Waals surface area contributed by atoms with Gasteiger partial charge in [0.25, 0.3) is 0 Å². The average Bonchev–Trinajstić information content (AvgIpc) is 1.93. The van der Waals surface area contributed by atoms with Crippen molar-refractivity contribution >= 4 is 18.4 Å². The summed E-state index contributed by atoms with van der Waals surface area (Å²) < 4.78 is 0. The molecule has 0 aromatic rings. The number of carbonyl (C=O) groups is 1. The van der Waals surface area contributed by atoms with Crippen LogP contribution < -0.4 is 5.73 Å². The van der Waals surface area contributed by atoms with Crippen LogP contribution >= 0.6 is 12.6 Å². The van der Waals surface area contributed by atoms with Gasteiger partial charge in [0, 0.05) is 4.91 Å². The summed E-state index contributed by atoms with van der Waals surface area (Å²) in [5.74, 6) is -0.0347. The number of carbonyl (C=O) groups excluding carboxylic acids is 1. The highest BCUT2D eigenvalue weighted by molar-refractivity contribution is 7.84. The molecule has 1 aliphatic carbocycles. The number of ketones is 1. The van der Waals surface area contributed by atoms with Gasteiger partial charge in [-0.05, 0) is 12.5 Å². The summed E-state index contributed by atoms with van der Waals surface area (Å²) in [7, 11) is 0. The molecule has 2 nitrogen and oxygen atoms in total. The smallest absolute Gasteiger partial charge is 0.180 e. The zero-order chi connectivity index (χ0) is 7.72. The van der Waals surface area contributed by atoms with Gasteiger partial charge in [-0.1, -0.05) is 12.2 Å². The highest BCUT2D eigenvalue weighted by atomic mass is 32.1. The van der Waals surface area contributed by atoms with E-state index in [-0.39, 0.29) is 5.78 Å². The highest BCUT2D eigenvalue weighted by Crippen LogP contribution is 2.15. The van der Waals surface area contributed by atoms with E-state index in [1.54, 1.807) is 19.1 Å². The molecule has 3 heteroatoms. The molecule has 54 valence electrons. The van der Waals surface area contributed by atoms with Crippen LogP contribution in [0.4, 0.5) is 0 Å². The van der Waals surface area contributed by atoms with Gasteiger partial charge in [0.15, 0.2) is 5.78 Å². The predicted octanol–water partition coefficient (Wildman–Crippen LogP) is 0.656. The Morgan fingerprint density at radius 2 is 2.20 bits per heavy atom. The van der Waals surface area contributed by atoms with Gasteiger partial charge in [-0.15, -0.1) is 12.6 Å². The fourth-order valence-corrected chi connectivity index (χ4v) is 0.968. The third-order valence-corrected chi connectivity index (χ3v) is 1.92. The van der Waals surface area contributed by atoms with Gasteiger partial charge in [-0.25, -0.2) is 0 Å². The SMILES string of the molecule is CC1=CC=C(S)C(N)C1=O. The van der Waals surface area contributed by atoms with E-state index in [1.165, 1.54) is 0 Å². The summed E-state index contributed by atoms with van der Waals surface area (Å²) >= 11 is 4.03. The number of allylic oxidation sites excluding steroid dienone is 2. The Labute approximate surface area is 65.2 Å². The Morgan fingerprint density at radius 3 is 2.70 bits per heavy atom. The maximum absolute atomic E-state index is 11.1. The van der Waals surface area contributed by atoms with Gasteiger partial charge in [0.1, 0.15) is 0 Å². The molecule has 0 bridgehead atoms. The summed E-state index contributed by atoms with van der Waals surface area (Å²) in [5, 5.41) is 0. The minimum absolute atomic E-state index is 0.0347. The molecule has 0 heterocycles. The second-order valence-electron chi connectivity index (χ2n) is 2.28. The van der Waals surface area contributed by atoms with Gasteiger partial charge >= 0.3 is 0 Å². The minimum Gasteiger partial charge on any atom is -0.317 e. The van der Waals surface area contributed by atoms with Crippen LogP contribution in [0.2, 0.25) is 0 Å². The quantitative estimate of drug-likeness (QED) is 0.504. The van der Waals surface area contributed by atoms with Crippen molar-refractivity contribution in [3.05, 3.63) is 22.6 Å². The number of rotatable bonds is 0. The molecule has 1 aliphatic rings. The number of hydrogen-bond acceptors (Lipinski definition) is 3. The molecule has 0 aliphatic heterocycles. The summed E-state index contributed by atoms with van der Waals surface area (Å²) in [6.07, 6.45) is 3.48. The summed E-state index contributed by atoms with van der Waals surface area (Å²) in [5.41, 5.74) is 6.18. The molecule has 1 unspecified atom stereocenters. The molecule has 0 saturated heterocycles. The Bertz CT molecular complexity index is 228. The van der Waals surface area contributed by atoms with Gasteiger partial charge in [-0.3, -0.25) is 4.79 Å². The third-order valence-electron chi connectivity index (χ3n) is 1.49. The zero-order valence-electron chi connectivity index (χ0n) is 5.66. The molecule has 0 spiro atoms. The van der Waals surface area contributed by atoms with Crippen LogP contribution in [0.3, 0.4) is 0 Å². The standard InChI is InChI=1S/C7H9NOS/c1-4-2-3-5(10)6(8)7(4)9/h2-3,6,10H,8H2,1H3. The zero-order valence-corrected chi connectivity index (χ0v) is 6.56. The molecule has 2 N–H and O–H groups in total. The first-order chi connectivity index (χ1) is 4.63. The molecule has 0 amide bonds. The molecule has 0 aromatic carbocycles. The first-order valence-electron chi connectivity index (χ1n) is 3.00. The number of thiol groups is 1. The Balaban J connectivity index is 2.97. The van der Waals surface area contributed by atoms with E-state index in [9.17, 15) is 4.79 Å². The topological polar surface area (TPSA) is 43.1 Å². The summed E-state index contributed by atoms with van der Waals surface area (Å²) in [6, 6.07) is -0.534. The van der Waals surface area contributed by atoms with Crippen LogP contribution in [-0.2, 0) is 4.79 Å². The van der Waals surface area contributed by atoms with Crippen LogP contribution in [0.25, 0.3) is 0 Å². The van der Waals surface area contributed by atoms with Crippen molar-refractivity contribution in [3.63, 3.8) is 0 Å². The van der Waals surface area contributed by atoms with Crippen LogP contribution in [0, 0.1) is 0 Å². The van der Waals surface area contributed by atoms with Crippen LogP contribution in [0.1, 0.15) is 6.92 Å². The summed E-state index contributed by atoms with van der Waals surface area (Å²) in [4.78, 5) is 11.7. The van der Waals surface area contributed by atoms with Crippen molar-refractivity contribution in [2.24, 2.45) is 5.73 Å². The lowest BCUT2D eigenvalue weighted by Gasteiger charge is -2.13. The van der Waals surface area contributed by atoms with Crippen LogP contribution in [0.15, 0.2) is 22.6 Å². The second-order valence-corrected chi connectivity index (χ2v) is 2.80. The molecule has 1 rings (SSSR count). The molecule has 10 heavy (non-hydrogen) atoms. The molecule has 1 atom stereocenters. The molecule has 0 saturated carbocycles. The molecular weight excluding hydrogens is 146 g/mol. The second kappa shape index (κ2) is 2.60. The van der Waals surface area contributed by atoms with Crippen molar-refractivity contribution < 1.29 is 4.79 Å². The third kappa shape index (κ3) is 1.15. The van der Waals surface area contributed by atoms with Gasteiger partial charge in [0.05, 0.1) is 6.04 Å². The van der Waals surface area contributed by atoms with E-state index in [4.69, 9.17) is 5.73 Å². The predicted molar refractivity (Wildman–Crippen MR) is 43.8 cm³/mol. The molecule has 0 fully saturated rings. The van der Waals surface area contributed by atoms with Gasteiger partial charge < -0.3 is 5.73 Å². The van der Waals surface area contributed by atoms with E-state index in [1.807, 2.05) is 0 Å². The maximum atomic E-state index is 11.1. The summed E-state index contributed by atoms with van der Waals surface area (Å²) in [6.45, 7) is 1.75. The average molecular weight is 155 g/mol. The lowest BCUT2D eigenvalue weighted by Crippen LogP contribution is -2.33. The first-order valence-corrected chi connectivity index (χ1v) is 3.45. The van der Waals surface area contributed by atoms with Crippen molar-refractivity contribution in [1.82, 2.24) is 0 Å². The van der Waals surface area contributed by atoms with Crippen molar-refractivity contribution in [1.29, 1.82) is 0 Å². The Hall–Kier alpha value is -0.540. The normalized spacial score (nSPS) is 25.9. The lowest BCUT2D eigenvalue weighted by atomic mass is 10.0. The van der Waals surface area contributed by atoms with E-state index in [0.717, 1.165) is 0 Å². The van der Waals surface area contributed by atoms with E-state index >= 15 is 0 Å². The van der Waals surface area contributed by atoms with E-state index < -0.39 is 6.04 Å². The number of nitrogens with two attached hydrogens (primary N) is 1. The fraction of sp³-hybridized carbons (Fsp3) is 0.286. The molecular formula is C7H9NOS. The van der Waals surface area contributed by atoms with Crippen LogP contribution in [-0.4, -0.2) is 11.8 Å². The molecule has 0 aromatic heterocycles. The monoisotopic (exact) mass is 155 g/mol. The van der Waals surface area contributed by atoms with Crippen molar-refractivity contribution in [2.75, 3.05) is 0 Å². The largest absolute Gasteiger partial charge is 0.317 e. The highest BCUT2D eigenvalue weighted by Gasteiger charge is 2.19. The molecule has 0 radical (unpaired) electrons. The first kappa shape index (κ1) is 7.57. The Morgan fingerprint density at radius 1 is 1.60 bits per heavy atom. The van der Waals surface area contributed by atoms with Crippen LogP contribution in [0.5, 0.6) is 0 Å². The van der Waals surface area contributed by atoms with Gasteiger partial charge in [0.2, 0.25) is 0 Å². The van der Waals surface area contributed by atoms with Crippen molar-refractivity contribution in [3.8, 4) is 0 Å². The van der Waals surface area contributed by atoms with Crippen molar-refractivity contribution in [2.45, 2.75) is 13.0 Å². The number of hydrogen-bond donors (Lipinski definition) is 2. The maximum Gasteiger partial charge on any atom is 0.180 e. The van der Waals surface area contributed by atoms with E-state index in [2.05, 4.69) is 12.6 Å².